The molecule has 0 aromatic carbocycles. The first-order valence-electron chi connectivity index (χ1n) is 18.2. The number of amides is 1. The van der Waals surface area contributed by atoms with Gasteiger partial charge in [0.1, 0.15) is 17.0 Å². The summed E-state index contributed by atoms with van der Waals surface area (Å²) < 4.78 is 184. The zero-order valence-corrected chi connectivity index (χ0v) is 12.8. The number of nitrogens with zero attached hydrogens (tertiary/aromatic N) is 3. The quantitative estimate of drug-likeness (QED) is 0.673. The van der Waals surface area contributed by atoms with Crippen LogP contribution in [0.15, 0.2) is 11.0 Å². The summed E-state index contributed by atoms with van der Waals surface area (Å²) in [6, 6.07) is -3.92. The average Bonchev–Trinajstić information content (AvgIpc) is 3.36. The molecule has 0 atom stereocenters. The predicted octanol–water partition coefficient (Wildman–Crippen LogP) is 1.62. The number of hydrogen-bond donors (Lipinski definition) is 3. The monoisotopic (exact) mass is 384 g/mol. The summed E-state index contributed by atoms with van der Waals surface area (Å²) in [5.74, 6) is -3.37. The van der Waals surface area contributed by atoms with Crippen LogP contribution in [-0.4, -0.2) is 58.1 Å². The van der Waals surface area contributed by atoms with Gasteiger partial charge in [-0.05, 0) is 52.4 Å². The lowest BCUT2D eigenvalue weighted by atomic mass is 10.1. The summed E-state index contributed by atoms with van der Waals surface area (Å²) in [6.07, 6.45) is -13.4. The van der Waals surface area contributed by atoms with Crippen LogP contribution in [-0.2, 0) is 0 Å². The van der Waals surface area contributed by atoms with E-state index in [1.807, 2.05) is 0 Å². The third-order valence-electron chi connectivity index (χ3n) is 3.13. The molecule has 3 rings (SSSR count). The fraction of sp³-hybridized carbons (Fsp3) is 0.611. The van der Waals surface area contributed by atoms with Gasteiger partial charge in [-0.1, -0.05) is 6.37 Å². The molecular weight excluding hydrogens is 334 g/mol. The Morgan fingerprint density at radius 1 is 1.62 bits per heavy atom. The van der Waals surface area contributed by atoms with Crippen LogP contribution in [0.5, 0.6) is 5.75 Å². The van der Waals surface area contributed by atoms with Crippen molar-refractivity contribution < 1.29 is 40.1 Å². The molecule has 1 amide bonds. The molecule has 0 spiro atoms. The first kappa shape index (κ1) is 5.13. The van der Waals surface area contributed by atoms with Gasteiger partial charge in [-0.15, -0.1) is 0 Å². The van der Waals surface area contributed by atoms with Crippen molar-refractivity contribution in [3.63, 3.8) is 0 Å². The summed E-state index contributed by atoms with van der Waals surface area (Å²) in [6.45, 7) is -23.8. The number of likely N-dealkylation sites (tertiary alicyclic amines) is 1. The molecule has 3 N–H and O–H groups in total. The molecule has 0 radical (unpaired) electrons. The zero-order valence-electron chi connectivity index (χ0n) is 35.8. The van der Waals surface area contributed by atoms with Crippen molar-refractivity contribution in [2.45, 2.75) is 45.3 Å². The Bertz CT molecular complexity index is 1650. The molecule has 0 saturated carbocycles. The van der Waals surface area contributed by atoms with E-state index in [0.29, 0.717) is 6.20 Å². The van der Waals surface area contributed by atoms with E-state index in [-0.39, 0.29) is 4.57 Å². The Morgan fingerprint density at radius 2 is 2.42 bits per heavy atom. The van der Waals surface area contributed by atoms with Crippen LogP contribution in [0.4, 0.5) is 0 Å². The Kier molecular flexibility index (Phi) is 1.56. The molecule has 8 nitrogen and oxygen atoms in total. The van der Waals surface area contributed by atoms with E-state index in [1.54, 1.807) is 0 Å². The molecule has 26 heavy (non-hydrogen) atoms. The number of H-pyrrole nitrogens is 1. The van der Waals surface area contributed by atoms with Crippen molar-refractivity contribution in [3.05, 3.63) is 22.1 Å². The van der Waals surface area contributed by atoms with Gasteiger partial charge in [0.25, 0.3) is 12.9 Å². The number of aromatic nitrogens is 3. The fourth-order valence-corrected chi connectivity index (χ4v) is 2.05. The molecule has 0 bridgehead atoms. The van der Waals surface area contributed by atoms with Crippen molar-refractivity contribution in [1.82, 2.24) is 25.0 Å². The Labute approximate surface area is 184 Å². The number of aromatic amines is 1. The third kappa shape index (κ3) is 3.60. The second kappa shape index (κ2) is 7.90. The Morgan fingerprint density at radius 3 is 3.15 bits per heavy atom. The van der Waals surface area contributed by atoms with Crippen molar-refractivity contribution in [1.29, 1.82) is 1.43 Å². The molecule has 2 aromatic rings. The van der Waals surface area contributed by atoms with Crippen LogP contribution in [0.25, 0.3) is 11.0 Å². The van der Waals surface area contributed by atoms with Crippen LogP contribution >= 0.6 is 0 Å². The van der Waals surface area contributed by atoms with Gasteiger partial charge in [0.2, 0.25) is 0 Å². The van der Waals surface area contributed by atoms with Crippen molar-refractivity contribution >= 4 is 16.9 Å². The minimum Gasteiger partial charge on any atom is -0.506 e. The number of fused-ring (bicyclic) bond motifs is 1. The second-order valence-corrected chi connectivity index (χ2v) is 4.67. The van der Waals surface area contributed by atoms with E-state index in [1.165, 1.54) is 0 Å². The van der Waals surface area contributed by atoms with Gasteiger partial charge in [-0.3, -0.25) is 19.3 Å². The van der Waals surface area contributed by atoms with Crippen LogP contribution in [0, 0.1) is 0 Å². The standard InChI is InChI=1S/C18H27N5O3/c1-12(2)23-16-13(11-20-21-16)15(24)14(18(23)26)17(25)19-7-6-10-22-8-4-3-5-9-22/h11-12,24H,3-10H2,1-2H3,(H,19,25)(H,20,21)/i1D3,2D3,3D2,4D2,5D2,7D2,8D2,9D2,10D2,12D/hD2. The Balaban J connectivity index is 2.26. The lowest BCUT2D eigenvalue weighted by Gasteiger charge is -2.26. The SMILES string of the molecule is [2H]Oc1c(C(=O)N([2H])C([2H])([2H])CC([2H])([2H])N2C([2H])([2H])C([2H])([2H])C([2H])([2H])C([2H])([2H])C2([2H])[2H])c(=O)n(C([2H])(C([2H])([2H])[2H])C([2H])([2H])[2H])c2[nH]ncc12. The highest BCUT2D eigenvalue weighted by molar-refractivity contribution is 6.01. The maximum Gasteiger partial charge on any atom is 0.293 e. The van der Waals surface area contributed by atoms with Gasteiger partial charge in [0, 0.05) is 39.9 Å². The first-order chi connectivity index (χ1) is 21.5. The molecule has 1 saturated heterocycles. The van der Waals surface area contributed by atoms with Crippen molar-refractivity contribution in [2.24, 2.45) is 0 Å². The number of carbonyl (C=O) groups is 1. The highest BCUT2D eigenvalue weighted by Gasteiger charge is 2.24. The van der Waals surface area contributed by atoms with Crippen LogP contribution in [0.2, 0.25) is 1.41 Å². The highest BCUT2D eigenvalue weighted by Crippen LogP contribution is 2.26. The molecule has 0 aliphatic carbocycles. The van der Waals surface area contributed by atoms with E-state index in [0.717, 1.165) is 0 Å². The first-order valence-corrected chi connectivity index (χ1v) is 6.88. The summed E-state index contributed by atoms with van der Waals surface area (Å²) in [5.41, 5.74) is -4.56. The lowest BCUT2D eigenvalue weighted by Crippen LogP contribution is -2.36. The summed E-state index contributed by atoms with van der Waals surface area (Å²) >= 11 is 0. The third-order valence-corrected chi connectivity index (χ3v) is 3.13. The smallest absolute Gasteiger partial charge is 0.293 e. The zero-order chi connectivity index (χ0) is 38.7. The molecule has 2 aromatic heterocycles. The predicted molar refractivity (Wildman–Crippen MR) is 99.6 cm³/mol. The van der Waals surface area contributed by atoms with Crippen molar-refractivity contribution in [3.8, 4) is 5.75 Å². The van der Waals surface area contributed by atoms with E-state index in [4.69, 9.17) is 31.6 Å². The van der Waals surface area contributed by atoms with Crippen LogP contribution < -0.4 is 10.9 Å². The van der Waals surface area contributed by atoms with E-state index >= 15 is 0 Å². The van der Waals surface area contributed by atoms with E-state index in [9.17, 15) is 9.59 Å². The number of nitrogens with one attached hydrogen (secondary N) is 2. The van der Waals surface area contributed by atoms with E-state index < -0.39 is 115 Å². The molecule has 1 aliphatic rings. The summed E-state index contributed by atoms with van der Waals surface area (Å²) in [4.78, 5) is 26.6. The number of carbonyl (C=O) groups excluding carboxylic acids is 1. The van der Waals surface area contributed by atoms with Gasteiger partial charge < -0.3 is 15.3 Å². The van der Waals surface area contributed by atoms with Crippen LogP contribution in [0.1, 0.15) is 84.4 Å². The Hall–Kier alpha value is -2.35. The van der Waals surface area contributed by atoms with Crippen molar-refractivity contribution in [2.75, 3.05) is 26.0 Å². The van der Waals surface area contributed by atoms with Gasteiger partial charge in [0.15, 0.2) is 1.41 Å². The average molecular weight is 385 g/mol. The van der Waals surface area contributed by atoms with E-state index in [2.05, 4.69) is 15.3 Å². The number of hydrogen-bond acceptors (Lipinski definition) is 5. The lowest BCUT2D eigenvalue weighted by molar-refractivity contribution is 0.0946. The maximum atomic E-state index is 13.8. The topological polar surface area (TPSA) is 103 Å². The normalized spacial score (nSPS) is 40.7. The van der Waals surface area contributed by atoms with Gasteiger partial charge in [0.05, 0.1) is 13.0 Å². The number of rotatable bonds is 7. The molecular formula is C18H27N5O3. The van der Waals surface area contributed by atoms with Gasteiger partial charge in [-0.25, -0.2) is 0 Å². The second-order valence-electron chi connectivity index (χ2n) is 4.67. The molecule has 8 heteroatoms. The molecule has 1 aliphatic heterocycles. The van der Waals surface area contributed by atoms with Gasteiger partial charge >= 0.3 is 0 Å². The molecule has 3 heterocycles. The summed E-state index contributed by atoms with van der Waals surface area (Å²) in [5, 5.41) is 8.33. The molecule has 142 valence electrons. The van der Waals surface area contributed by atoms with Crippen LogP contribution in [0.3, 0.4) is 0 Å². The van der Waals surface area contributed by atoms with Gasteiger partial charge in [-0.2, -0.15) is 5.10 Å². The fourth-order valence-electron chi connectivity index (χ4n) is 2.05. The molecule has 1 fully saturated rings. The maximum absolute atomic E-state index is 13.8. The number of piperidine rings is 1. The number of aromatic hydroxyl groups is 1. The largest absolute Gasteiger partial charge is 0.506 e. The minimum absolute atomic E-state index is 0.261. The minimum atomic E-state index is -4.10. The summed E-state index contributed by atoms with van der Waals surface area (Å²) in [7, 11) is 0. The highest BCUT2D eigenvalue weighted by atomic mass is 16.3. The molecule has 0 unspecified atom stereocenters. The number of pyridine rings is 1.